The molecule has 0 amide bonds. The summed E-state index contributed by atoms with van der Waals surface area (Å²) in [4.78, 5) is 4.20. The number of pyridine rings is 1. The Kier molecular flexibility index (Phi) is 4.24. The second-order valence-corrected chi connectivity index (χ2v) is 4.55. The molecule has 0 aliphatic rings. The highest BCUT2D eigenvalue weighted by atomic mass is 19.1. The normalized spacial score (nSPS) is 14.1. The predicted octanol–water partition coefficient (Wildman–Crippen LogP) is 2.31. The summed E-state index contributed by atoms with van der Waals surface area (Å²) < 4.78 is 13.6. The fourth-order valence-corrected chi connectivity index (χ4v) is 2.03. The van der Waals surface area contributed by atoms with E-state index in [1.165, 1.54) is 6.07 Å². The van der Waals surface area contributed by atoms with Gasteiger partial charge in [-0.2, -0.15) is 0 Å². The van der Waals surface area contributed by atoms with Crippen molar-refractivity contribution in [1.82, 2.24) is 4.98 Å². The maximum atomic E-state index is 13.6. The Morgan fingerprint density at radius 2 is 2.11 bits per heavy atom. The smallest absolute Gasteiger partial charge is 0.126 e. The summed E-state index contributed by atoms with van der Waals surface area (Å²) in [6, 6.07) is 10.2. The Morgan fingerprint density at radius 3 is 2.68 bits per heavy atom. The second kappa shape index (κ2) is 5.91. The Morgan fingerprint density at radius 1 is 1.32 bits per heavy atom. The predicted molar refractivity (Wildman–Crippen MR) is 72.1 cm³/mol. The van der Waals surface area contributed by atoms with E-state index in [1.807, 2.05) is 12.1 Å². The number of nitrogens with zero attached hydrogens (tertiary/aromatic N) is 1. The van der Waals surface area contributed by atoms with Crippen molar-refractivity contribution in [1.29, 1.82) is 0 Å². The number of benzene rings is 1. The van der Waals surface area contributed by atoms with Crippen molar-refractivity contribution in [3.8, 4) is 0 Å². The van der Waals surface area contributed by atoms with E-state index in [9.17, 15) is 9.50 Å². The Labute approximate surface area is 111 Å². The van der Waals surface area contributed by atoms with Gasteiger partial charge in [-0.25, -0.2) is 4.39 Å². The van der Waals surface area contributed by atoms with Gasteiger partial charge in [0, 0.05) is 24.4 Å². The lowest BCUT2D eigenvalue weighted by Crippen LogP contribution is -2.21. The van der Waals surface area contributed by atoms with E-state index >= 15 is 0 Å². The standard InChI is InChI=1S/C15H17FN2O/c1-10-5-6-11(8-13(10)16)15(19)12(9-17)14-4-2-3-7-18-14/h2-8,12,15,19H,9,17H2,1H3. The largest absolute Gasteiger partial charge is 0.388 e. The lowest BCUT2D eigenvalue weighted by Gasteiger charge is -2.21. The van der Waals surface area contributed by atoms with Crippen LogP contribution in [0.5, 0.6) is 0 Å². The Balaban J connectivity index is 2.30. The number of hydrogen-bond acceptors (Lipinski definition) is 3. The summed E-state index contributed by atoms with van der Waals surface area (Å²) in [5.41, 5.74) is 7.50. The zero-order chi connectivity index (χ0) is 13.8. The number of halogens is 1. The van der Waals surface area contributed by atoms with Crippen LogP contribution in [0.15, 0.2) is 42.6 Å². The van der Waals surface area contributed by atoms with Crippen molar-refractivity contribution < 1.29 is 9.50 Å². The van der Waals surface area contributed by atoms with E-state index in [0.29, 0.717) is 16.8 Å². The van der Waals surface area contributed by atoms with Crippen LogP contribution in [0.25, 0.3) is 0 Å². The molecule has 19 heavy (non-hydrogen) atoms. The summed E-state index contributed by atoms with van der Waals surface area (Å²) >= 11 is 0. The Bertz CT molecular complexity index is 545. The third kappa shape index (κ3) is 2.97. The van der Waals surface area contributed by atoms with Crippen LogP contribution in [0, 0.1) is 12.7 Å². The van der Waals surface area contributed by atoms with Gasteiger partial charge < -0.3 is 10.8 Å². The fraction of sp³-hybridized carbons (Fsp3) is 0.267. The number of aliphatic hydroxyl groups excluding tert-OH is 1. The third-order valence-electron chi connectivity index (χ3n) is 3.24. The molecule has 3 nitrogen and oxygen atoms in total. The molecule has 100 valence electrons. The van der Waals surface area contributed by atoms with Crippen molar-refractivity contribution >= 4 is 0 Å². The maximum Gasteiger partial charge on any atom is 0.126 e. The molecular formula is C15H17FN2O. The molecular weight excluding hydrogens is 243 g/mol. The average molecular weight is 260 g/mol. The fourth-order valence-electron chi connectivity index (χ4n) is 2.03. The van der Waals surface area contributed by atoms with Gasteiger partial charge in [0.25, 0.3) is 0 Å². The van der Waals surface area contributed by atoms with Gasteiger partial charge in [-0.3, -0.25) is 4.98 Å². The van der Waals surface area contributed by atoms with Crippen molar-refractivity contribution in [3.63, 3.8) is 0 Å². The number of aryl methyl sites for hydroxylation is 1. The number of hydrogen-bond donors (Lipinski definition) is 2. The molecule has 0 bridgehead atoms. The maximum absolute atomic E-state index is 13.6. The number of nitrogens with two attached hydrogens (primary N) is 1. The third-order valence-corrected chi connectivity index (χ3v) is 3.24. The van der Waals surface area contributed by atoms with Crippen LogP contribution >= 0.6 is 0 Å². The van der Waals surface area contributed by atoms with Crippen LogP contribution in [0.2, 0.25) is 0 Å². The average Bonchev–Trinajstić information content (AvgIpc) is 2.44. The van der Waals surface area contributed by atoms with Crippen molar-refractivity contribution in [3.05, 3.63) is 65.2 Å². The molecule has 2 atom stereocenters. The Hall–Kier alpha value is -1.78. The van der Waals surface area contributed by atoms with Crippen LogP contribution in [-0.2, 0) is 0 Å². The van der Waals surface area contributed by atoms with Gasteiger partial charge in [0.1, 0.15) is 5.82 Å². The molecule has 2 aromatic rings. The van der Waals surface area contributed by atoms with Crippen LogP contribution in [0.4, 0.5) is 4.39 Å². The molecule has 0 saturated carbocycles. The molecule has 2 unspecified atom stereocenters. The van der Waals surface area contributed by atoms with Gasteiger partial charge in [-0.15, -0.1) is 0 Å². The zero-order valence-electron chi connectivity index (χ0n) is 10.8. The van der Waals surface area contributed by atoms with E-state index in [1.54, 1.807) is 31.3 Å². The summed E-state index contributed by atoms with van der Waals surface area (Å²) in [7, 11) is 0. The summed E-state index contributed by atoms with van der Waals surface area (Å²) in [6.07, 6.45) is 0.787. The van der Waals surface area contributed by atoms with Gasteiger partial charge in [-0.05, 0) is 36.2 Å². The molecule has 0 radical (unpaired) electrons. The summed E-state index contributed by atoms with van der Waals surface area (Å²) in [5, 5.41) is 10.4. The lowest BCUT2D eigenvalue weighted by atomic mass is 9.92. The molecule has 4 heteroatoms. The molecule has 0 aliphatic heterocycles. The molecule has 1 heterocycles. The highest BCUT2D eigenvalue weighted by Crippen LogP contribution is 2.29. The van der Waals surface area contributed by atoms with E-state index in [2.05, 4.69) is 4.98 Å². The van der Waals surface area contributed by atoms with Crippen molar-refractivity contribution in [2.24, 2.45) is 5.73 Å². The second-order valence-electron chi connectivity index (χ2n) is 4.55. The van der Waals surface area contributed by atoms with Gasteiger partial charge in [-0.1, -0.05) is 18.2 Å². The SMILES string of the molecule is Cc1ccc(C(O)C(CN)c2ccccn2)cc1F. The number of aliphatic hydroxyl groups is 1. The lowest BCUT2D eigenvalue weighted by molar-refractivity contribution is 0.145. The van der Waals surface area contributed by atoms with Gasteiger partial charge >= 0.3 is 0 Å². The topological polar surface area (TPSA) is 59.1 Å². The monoisotopic (exact) mass is 260 g/mol. The van der Waals surface area contributed by atoms with Crippen molar-refractivity contribution in [2.75, 3.05) is 6.54 Å². The molecule has 1 aromatic heterocycles. The summed E-state index contributed by atoms with van der Waals surface area (Å²) in [6.45, 7) is 1.93. The molecule has 1 aromatic carbocycles. The zero-order valence-corrected chi connectivity index (χ0v) is 10.8. The first-order chi connectivity index (χ1) is 9.13. The van der Waals surface area contributed by atoms with E-state index in [0.717, 1.165) is 0 Å². The number of rotatable bonds is 4. The van der Waals surface area contributed by atoms with Gasteiger partial charge in [0.05, 0.1) is 6.10 Å². The molecule has 0 aliphatic carbocycles. The quantitative estimate of drug-likeness (QED) is 0.886. The van der Waals surface area contributed by atoms with Crippen LogP contribution in [0.3, 0.4) is 0 Å². The van der Waals surface area contributed by atoms with Gasteiger partial charge in [0.15, 0.2) is 0 Å². The van der Waals surface area contributed by atoms with Crippen LogP contribution < -0.4 is 5.73 Å². The molecule has 0 fully saturated rings. The minimum absolute atomic E-state index is 0.244. The van der Waals surface area contributed by atoms with E-state index in [4.69, 9.17) is 5.73 Å². The molecule has 0 spiro atoms. The van der Waals surface area contributed by atoms with Crippen LogP contribution in [-0.4, -0.2) is 16.6 Å². The summed E-state index contributed by atoms with van der Waals surface area (Å²) in [5.74, 6) is -0.670. The minimum atomic E-state index is -0.866. The van der Waals surface area contributed by atoms with E-state index < -0.39 is 6.10 Å². The first-order valence-corrected chi connectivity index (χ1v) is 6.18. The molecule has 2 rings (SSSR count). The highest BCUT2D eigenvalue weighted by Gasteiger charge is 2.23. The number of aromatic nitrogens is 1. The van der Waals surface area contributed by atoms with Crippen LogP contribution in [0.1, 0.15) is 28.8 Å². The first-order valence-electron chi connectivity index (χ1n) is 6.18. The first kappa shape index (κ1) is 13.6. The van der Waals surface area contributed by atoms with E-state index in [-0.39, 0.29) is 18.3 Å². The molecule has 0 saturated heterocycles. The van der Waals surface area contributed by atoms with Crippen molar-refractivity contribution in [2.45, 2.75) is 18.9 Å². The van der Waals surface area contributed by atoms with Gasteiger partial charge in [0.2, 0.25) is 0 Å². The highest BCUT2D eigenvalue weighted by molar-refractivity contribution is 5.27. The minimum Gasteiger partial charge on any atom is -0.388 e. The molecule has 3 N–H and O–H groups in total.